The van der Waals surface area contributed by atoms with E-state index in [1.54, 1.807) is 12.3 Å². The summed E-state index contributed by atoms with van der Waals surface area (Å²) in [4.78, 5) is 12.1. The average molecular weight is 331 g/mol. The van der Waals surface area contributed by atoms with Gasteiger partial charge in [-0.2, -0.15) is 4.31 Å². The van der Waals surface area contributed by atoms with Crippen molar-refractivity contribution in [1.82, 2.24) is 4.31 Å². The van der Waals surface area contributed by atoms with Gasteiger partial charge in [0.05, 0.1) is 7.11 Å². The molecule has 21 heavy (non-hydrogen) atoms. The summed E-state index contributed by atoms with van der Waals surface area (Å²) in [6.45, 7) is 6.83. The summed E-state index contributed by atoms with van der Waals surface area (Å²) in [6.07, 6.45) is 1.03. The van der Waals surface area contributed by atoms with Crippen LogP contribution in [-0.2, 0) is 14.8 Å². The summed E-state index contributed by atoms with van der Waals surface area (Å²) in [5, 5.41) is 1.69. The van der Waals surface area contributed by atoms with Crippen LogP contribution in [-0.4, -0.2) is 38.9 Å². The fourth-order valence-corrected chi connectivity index (χ4v) is 6.26. The largest absolute Gasteiger partial charge is 0.465 e. The predicted molar refractivity (Wildman–Crippen MR) is 82.1 cm³/mol. The van der Waals surface area contributed by atoms with E-state index >= 15 is 0 Å². The van der Waals surface area contributed by atoms with Crippen molar-refractivity contribution < 1.29 is 17.9 Å². The predicted octanol–water partition coefficient (Wildman–Crippen LogP) is 2.51. The molecule has 118 valence electrons. The minimum atomic E-state index is -3.66. The van der Waals surface area contributed by atoms with E-state index in [1.807, 2.05) is 0 Å². The number of esters is 1. The SMILES string of the molecule is COC(=O)c1scc(C)c1S(=O)(=O)N1CC(C)CC(C)C1. The van der Waals surface area contributed by atoms with Gasteiger partial charge in [0.15, 0.2) is 0 Å². The third-order valence-electron chi connectivity index (χ3n) is 3.72. The van der Waals surface area contributed by atoms with Crippen LogP contribution >= 0.6 is 11.3 Å². The highest BCUT2D eigenvalue weighted by Gasteiger charge is 2.36. The Balaban J connectivity index is 2.45. The molecule has 1 aromatic heterocycles. The van der Waals surface area contributed by atoms with Crippen molar-refractivity contribution >= 4 is 27.3 Å². The summed E-state index contributed by atoms with van der Waals surface area (Å²) in [7, 11) is -2.40. The number of rotatable bonds is 3. The van der Waals surface area contributed by atoms with Gasteiger partial charge in [0.1, 0.15) is 9.77 Å². The van der Waals surface area contributed by atoms with E-state index < -0.39 is 16.0 Å². The average Bonchev–Trinajstić information content (AvgIpc) is 2.79. The lowest BCUT2D eigenvalue weighted by atomic mass is 9.94. The fourth-order valence-electron chi connectivity index (χ4n) is 2.92. The molecule has 0 radical (unpaired) electrons. The molecule has 2 unspecified atom stereocenters. The van der Waals surface area contributed by atoms with E-state index in [1.165, 1.54) is 11.4 Å². The first kappa shape index (κ1) is 16.5. The minimum absolute atomic E-state index is 0.112. The molecule has 0 N–H and O–H groups in total. The highest BCUT2D eigenvalue weighted by atomic mass is 32.2. The van der Waals surface area contributed by atoms with E-state index in [0.717, 1.165) is 17.8 Å². The third kappa shape index (κ3) is 3.14. The van der Waals surface area contributed by atoms with Crippen LogP contribution in [0.1, 0.15) is 35.5 Å². The smallest absolute Gasteiger partial charge is 0.349 e. The second kappa shape index (κ2) is 6.06. The molecule has 1 fully saturated rings. The van der Waals surface area contributed by atoms with Crippen molar-refractivity contribution in [3.8, 4) is 0 Å². The quantitative estimate of drug-likeness (QED) is 0.798. The molecular weight excluding hydrogens is 310 g/mol. The zero-order valence-corrected chi connectivity index (χ0v) is 14.4. The molecule has 0 amide bonds. The molecule has 2 atom stereocenters. The molecule has 0 aromatic carbocycles. The Morgan fingerprint density at radius 3 is 2.43 bits per heavy atom. The van der Waals surface area contributed by atoms with E-state index in [9.17, 15) is 13.2 Å². The van der Waals surface area contributed by atoms with Crippen LogP contribution in [0, 0.1) is 18.8 Å². The number of carbonyl (C=O) groups is 1. The van der Waals surface area contributed by atoms with Crippen molar-refractivity contribution in [2.24, 2.45) is 11.8 Å². The first-order valence-corrected chi connectivity index (χ1v) is 9.25. The molecule has 0 saturated carbocycles. The molecule has 0 spiro atoms. The van der Waals surface area contributed by atoms with Crippen LogP contribution in [0.4, 0.5) is 0 Å². The number of aryl methyl sites for hydroxylation is 1. The molecule has 7 heteroatoms. The van der Waals surface area contributed by atoms with Gasteiger partial charge in [-0.25, -0.2) is 13.2 Å². The number of sulfonamides is 1. The van der Waals surface area contributed by atoms with Gasteiger partial charge in [-0.05, 0) is 36.1 Å². The Kier molecular flexibility index (Phi) is 4.75. The highest BCUT2D eigenvalue weighted by molar-refractivity contribution is 7.89. The zero-order chi connectivity index (χ0) is 15.8. The Morgan fingerprint density at radius 2 is 1.90 bits per heavy atom. The maximum Gasteiger partial charge on any atom is 0.349 e. The van der Waals surface area contributed by atoms with Gasteiger partial charge in [-0.3, -0.25) is 0 Å². The molecule has 5 nitrogen and oxygen atoms in total. The van der Waals surface area contributed by atoms with Crippen LogP contribution in [0.5, 0.6) is 0 Å². The number of nitrogens with zero attached hydrogens (tertiary/aromatic N) is 1. The van der Waals surface area contributed by atoms with Crippen molar-refractivity contribution in [1.29, 1.82) is 0 Å². The summed E-state index contributed by atoms with van der Waals surface area (Å²) in [5.41, 5.74) is 0.603. The van der Waals surface area contributed by atoms with E-state index in [4.69, 9.17) is 4.74 Å². The minimum Gasteiger partial charge on any atom is -0.465 e. The molecule has 1 aromatic rings. The lowest BCUT2D eigenvalue weighted by Gasteiger charge is -2.34. The standard InChI is InChI=1S/C14H21NO4S2/c1-9-5-10(2)7-15(6-9)21(17,18)13-11(3)8-20-12(13)14(16)19-4/h8-10H,5-7H2,1-4H3. The number of piperidine rings is 1. The Hall–Kier alpha value is -0.920. The van der Waals surface area contributed by atoms with E-state index in [0.29, 0.717) is 30.5 Å². The molecule has 1 saturated heterocycles. The zero-order valence-electron chi connectivity index (χ0n) is 12.8. The van der Waals surface area contributed by atoms with Crippen LogP contribution in [0.25, 0.3) is 0 Å². The maximum absolute atomic E-state index is 12.9. The molecule has 0 aliphatic carbocycles. The normalized spacial score (nSPS) is 24.0. The number of thiophene rings is 1. The molecule has 1 aliphatic rings. The van der Waals surface area contributed by atoms with Crippen LogP contribution in [0.3, 0.4) is 0 Å². The number of methoxy groups -OCH3 is 1. The second-order valence-electron chi connectivity index (χ2n) is 5.84. The van der Waals surface area contributed by atoms with Crippen molar-refractivity contribution in [2.75, 3.05) is 20.2 Å². The number of ether oxygens (including phenoxy) is 1. The van der Waals surface area contributed by atoms with Gasteiger partial charge < -0.3 is 4.74 Å². The van der Waals surface area contributed by atoms with Crippen molar-refractivity contribution in [3.63, 3.8) is 0 Å². The summed E-state index contributed by atoms with van der Waals surface area (Å²) in [6, 6.07) is 0. The molecule has 2 heterocycles. The van der Waals surface area contributed by atoms with Gasteiger partial charge >= 0.3 is 5.97 Å². The number of hydrogen-bond donors (Lipinski definition) is 0. The summed E-state index contributed by atoms with van der Waals surface area (Å²) >= 11 is 1.12. The lowest BCUT2D eigenvalue weighted by molar-refractivity contribution is 0.0602. The van der Waals surface area contributed by atoms with Gasteiger partial charge in [-0.1, -0.05) is 13.8 Å². The topological polar surface area (TPSA) is 63.7 Å². The molecule has 1 aliphatic heterocycles. The van der Waals surface area contributed by atoms with Gasteiger partial charge in [0, 0.05) is 13.1 Å². The third-order valence-corrected chi connectivity index (χ3v) is 6.95. The molecule has 2 rings (SSSR count). The summed E-state index contributed by atoms with van der Waals surface area (Å²) in [5.74, 6) is 0.0536. The second-order valence-corrected chi connectivity index (χ2v) is 8.59. The van der Waals surface area contributed by atoms with Crippen molar-refractivity contribution in [2.45, 2.75) is 32.1 Å². The van der Waals surface area contributed by atoms with Crippen molar-refractivity contribution in [3.05, 3.63) is 15.8 Å². The Morgan fingerprint density at radius 1 is 1.33 bits per heavy atom. The van der Waals surface area contributed by atoms with Gasteiger partial charge in [-0.15, -0.1) is 11.3 Å². The summed E-state index contributed by atoms with van der Waals surface area (Å²) < 4.78 is 32.1. The molecule has 0 bridgehead atoms. The first-order chi connectivity index (χ1) is 9.77. The van der Waals surface area contributed by atoms with Crippen LogP contribution in [0.15, 0.2) is 10.3 Å². The highest BCUT2D eigenvalue weighted by Crippen LogP contribution is 2.33. The fraction of sp³-hybridized carbons (Fsp3) is 0.643. The maximum atomic E-state index is 12.9. The number of carbonyl (C=O) groups excluding carboxylic acids is 1. The van der Waals surface area contributed by atoms with Gasteiger partial charge in [0.2, 0.25) is 10.0 Å². The van der Waals surface area contributed by atoms with E-state index in [-0.39, 0.29) is 9.77 Å². The number of hydrogen-bond acceptors (Lipinski definition) is 5. The van der Waals surface area contributed by atoms with Gasteiger partial charge in [0.25, 0.3) is 0 Å². The Labute approximate surface area is 130 Å². The van der Waals surface area contributed by atoms with E-state index in [2.05, 4.69) is 13.8 Å². The Bertz CT molecular complexity index is 625. The van der Waals surface area contributed by atoms with Crippen LogP contribution in [0.2, 0.25) is 0 Å². The first-order valence-electron chi connectivity index (χ1n) is 6.94. The van der Waals surface area contributed by atoms with Crippen LogP contribution < -0.4 is 0 Å². The lowest BCUT2D eigenvalue weighted by Crippen LogP contribution is -2.42. The monoisotopic (exact) mass is 331 g/mol. The molecular formula is C14H21NO4S2.